The summed E-state index contributed by atoms with van der Waals surface area (Å²) in [5.74, 6) is -0.404. The minimum atomic E-state index is -3.56. The van der Waals surface area contributed by atoms with E-state index in [0.29, 0.717) is 11.3 Å². The molecule has 0 bridgehead atoms. The van der Waals surface area contributed by atoms with Gasteiger partial charge in [-0.05, 0) is 44.4 Å². The van der Waals surface area contributed by atoms with E-state index < -0.39 is 15.6 Å². The number of nitrogens with one attached hydrogen (secondary N) is 1. The van der Waals surface area contributed by atoms with Crippen molar-refractivity contribution in [2.75, 3.05) is 19.4 Å². The van der Waals surface area contributed by atoms with Crippen molar-refractivity contribution in [3.8, 4) is 0 Å². The van der Waals surface area contributed by atoms with Crippen molar-refractivity contribution in [2.45, 2.75) is 50.0 Å². The molecule has 8 heteroatoms. The number of hydrogen-bond acceptors (Lipinski definition) is 4. The summed E-state index contributed by atoms with van der Waals surface area (Å²) in [6.07, 6.45) is 3.60. The van der Waals surface area contributed by atoms with Gasteiger partial charge in [-0.3, -0.25) is 4.79 Å². The lowest BCUT2D eigenvalue weighted by Gasteiger charge is -2.37. The molecule has 1 amide bonds. The first kappa shape index (κ1) is 21.9. The lowest BCUT2D eigenvalue weighted by atomic mass is 9.74. The van der Waals surface area contributed by atoms with Gasteiger partial charge in [0.05, 0.1) is 10.8 Å². The predicted octanol–water partition coefficient (Wildman–Crippen LogP) is 2.51. The Kier molecular flexibility index (Phi) is 7.03. The van der Waals surface area contributed by atoms with Gasteiger partial charge in [0.15, 0.2) is 0 Å². The van der Waals surface area contributed by atoms with Gasteiger partial charge >= 0.3 is 0 Å². The number of hydrogen-bond donors (Lipinski definition) is 2. The van der Waals surface area contributed by atoms with Crippen LogP contribution in [0.3, 0.4) is 0 Å². The van der Waals surface area contributed by atoms with Gasteiger partial charge in [0.25, 0.3) is 0 Å². The fraction of sp³-hybridized carbons (Fsp3) is 0.588. The Hall–Kier alpha value is -1.15. The van der Waals surface area contributed by atoms with E-state index in [1.54, 1.807) is 19.1 Å². The van der Waals surface area contributed by atoms with Crippen LogP contribution < -0.4 is 11.1 Å². The van der Waals surface area contributed by atoms with Gasteiger partial charge in [-0.25, -0.2) is 12.7 Å². The summed E-state index contributed by atoms with van der Waals surface area (Å²) in [6.45, 7) is 3.65. The van der Waals surface area contributed by atoms with Crippen molar-refractivity contribution < 1.29 is 13.2 Å². The number of carbonyl (C=O) groups is 1. The number of sulfonamides is 1. The van der Waals surface area contributed by atoms with Gasteiger partial charge in [0, 0.05) is 25.3 Å². The first-order valence-electron chi connectivity index (χ1n) is 8.18. The summed E-state index contributed by atoms with van der Waals surface area (Å²) >= 11 is 0. The highest BCUT2D eigenvalue weighted by Gasteiger charge is 2.37. The second-order valence-electron chi connectivity index (χ2n) is 7.06. The van der Waals surface area contributed by atoms with Gasteiger partial charge in [-0.1, -0.05) is 18.9 Å². The van der Waals surface area contributed by atoms with Crippen LogP contribution in [0.4, 0.5) is 5.69 Å². The molecule has 0 heterocycles. The van der Waals surface area contributed by atoms with E-state index in [9.17, 15) is 13.2 Å². The zero-order valence-electron chi connectivity index (χ0n) is 15.2. The van der Waals surface area contributed by atoms with Gasteiger partial charge in [-0.2, -0.15) is 0 Å². The number of halogens is 1. The van der Waals surface area contributed by atoms with Crippen molar-refractivity contribution in [3.05, 3.63) is 23.8 Å². The first-order valence-corrected chi connectivity index (χ1v) is 9.62. The SMILES string of the molecule is Cc1ccc(NC(=O)C2CCCCC2(C)N)cc1S(=O)(=O)N(C)C.Cl. The molecular formula is C17H28ClN3O3S. The van der Waals surface area contributed by atoms with Crippen LogP contribution in [0.2, 0.25) is 0 Å². The maximum atomic E-state index is 12.6. The molecule has 3 N–H and O–H groups in total. The van der Waals surface area contributed by atoms with E-state index in [4.69, 9.17) is 5.73 Å². The van der Waals surface area contributed by atoms with E-state index in [1.165, 1.54) is 24.5 Å². The molecule has 142 valence electrons. The average molecular weight is 390 g/mol. The summed E-state index contributed by atoms with van der Waals surface area (Å²) in [5, 5.41) is 2.84. The van der Waals surface area contributed by atoms with E-state index in [2.05, 4.69) is 5.32 Å². The predicted molar refractivity (Wildman–Crippen MR) is 102 cm³/mol. The van der Waals surface area contributed by atoms with Crippen molar-refractivity contribution >= 4 is 34.0 Å². The number of nitrogens with two attached hydrogens (primary N) is 1. The average Bonchev–Trinajstić information content (AvgIpc) is 2.48. The summed E-state index contributed by atoms with van der Waals surface area (Å²) in [6, 6.07) is 4.94. The van der Waals surface area contributed by atoms with Crippen LogP contribution in [0.1, 0.15) is 38.2 Å². The number of benzene rings is 1. The van der Waals surface area contributed by atoms with Gasteiger partial charge in [0.1, 0.15) is 0 Å². The fourth-order valence-corrected chi connectivity index (χ4v) is 4.31. The van der Waals surface area contributed by atoms with Crippen LogP contribution in [0, 0.1) is 12.8 Å². The van der Waals surface area contributed by atoms with Crippen molar-refractivity contribution in [3.63, 3.8) is 0 Å². The number of rotatable bonds is 4. The molecule has 0 aromatic heterocycles. The lowest BCUT2D eigenvalue weighted by Crippen LogP contribution is -2.51. The van der Waals surface area contributed by atoms with Crippen molar-refractivity contribution in [2.24, 2.45) is 11.7 Å². The molecule has 25 heavy (non-hydrogen) atoms. The molecule has 0 saturated heterocycles. The third-order valence-corrected chi connectivity index (χ3v) is 6.74. The highest BCUT2D eigenvalue weighted by Crippen LogP contribution is 2.32. The Morgan fingerprint density at radius 2 is 1.96 bits per heavy atom. The second-order valence-corrected chi connectivity index (χ2v) is 9.18. The number of carbonyl (C=O) groups excluding carboxylic acids is 1. The van der Waals surface area contributed by atoms with Crippen molar-refractivity contribution in [1.82, 2.24) is 4.31 Å². The van der Waals surface area contributed by atoms with Crippen LogP contribution in [0.25, 0.3) is 0 Å². The minimum Gasteiger partial charge on any atom is -0.326 e. The largest absolute Gasteiger partial charge is 0.326 e. The van der Waals surface area contributed by atoms with Gasteiger partial charge < -0.3 is 11.1 Å². The molecule has 0 aliphatic heterocycles. The molecule has 1 fully saturated rings. The molecule has 0 radical (unpaired) electrons. The number of anilines is 1. The van der Waals surface area contributed by atoms with Crippen LogP contribution in [-0.4, -0.2) is 38.3 Å². The molecule has 1 aliphatic rings. The van der Waals surface area contributed by atoms with E-state index in [-0.39, 0.29) is 29.1 Å². The third-order valence-electron chi connectivity index (χ3n) is 4.79. The zero-order chi connectivity index (χ0) is 18.1. The molecule has 2 unspecified atom stereocenters. The van der Waals surface area contributed by atoms with E-state index in [1.807, 2.05) is 6.92 Å². The fourth-order valence-electron chi connectivity index (χ4n) is 3.17. The molecular weight excluding hydrogens is 362 g/mol. The monoisotopic (exact) mass is 389 g/mol. The van der Waals surface area contributed by atoms with Crippen LogP contribution in [0.5, 0.6) is 0 Å². The third kappa shape index (κ3) is 4.73. The topological polar surface area (TPSA) is 92.5 Å². The lowest BCUT2D eigenvalue weighted by molar-refractivity contribution is -0.122. The molecule has 1 saturated carbocycles. The van der Waals surface area contributed by atoms with E-state index >= 15 is 0 Å². The zero-order valence-corrected chi connectivity index (χ0v) is 16.8. The Balaban J connectivity index is 0.00000312. The Labute approximate surface area is 156 Å². The van der Waals surface area contributed by atoms with E-state index in [0.717, 1.165) is 25.7 Å². The smallest absolute Gasteiger partial charge is 0.242 e. The summed E-state index contributed by atoms with van der Waals surface area (Å²) in [5.41, 5.74) is 6.87. The van der Waals surface area contributed by atoms with Crippen LogP contribution in [-0.2, 0) is 14.8 Å². The number of aryl methyl sites for hydroxylation is 1. The summed E-state index contributed by atoms with van der Waals surface area (Å²) in [4.78, 5) is 12.8. The number of amides is 1. The first-order chi connectivity index (χ1) is 11.1. The number of nitrogens with zero attached hydrogens (tertiary/aromatic N) is 1. The molecule has 1 aromatic rings. The standard InChI is InChI=1S/C17H27N3O3S.ClH/c1-12-8-9-13(11-15(12)24(22,23)20(3)4)19-16(21)14-7-5-6-10-17(14,2)18;/h8-9,11,14H,5-7,10,18H2,1-4H3,(H,19,21);1H. The van der Waals surface area contributed by atoms with Gasteiger partial charge in [0.2, 0.25) is 15.9 Å². The Bertz CT molecular complexity index is 733. The van der Waals surface area contributed by atoms with Crippen LogP contribution in [0.15, 0.2) is 23.1 Å². The quantitative estimate of drug-likeness (QED) is 0.827. The maximum absolute atomic E-state index is 12.6. The molecule has 2 rings (SSSR count). The molecule has 6 nitrogen and oxygen atoms in total. The normalized spacial score (nSPS) is 23.8. The molecule has 1 aliphatic carbocycles. The Morgan fingerprint density at radius 1 is 1.32 bits per heavy atom. The molecule has 1 aromatic carbocycles. The van der Waals surface area contributed by atoms with Crippen LogP contribution >= 0.6 is 12.4 Å². The molecule has 0 spiro atoms. The van der Waals surface area contributed by atoms with Crippen molar-refractivity contribution in [1.29, 1.82) is 0 Å². The Morgan fingerprint density at radius 3 is 2.52 bits per heavy atom. The summed E-state index contributed by atoms with van der Waals surface area (Å²) < 4.78 is 25.9. The summed E-state index contributed by atoms with van der Waals surface area (Å²) in [7, 11) is -0.580. The van der Waals surface area contributed by atoms with Gasteiger partial charge in [-0.15, -0.1) is 12.4 Å². The molecule has 2 atom stereocenters. The second kappa shape index (κ2) is 8.03. The highest BCUT2D eigenvalue weighted by atomic mass is 35.5. The minimum absolute atomic E-state index is 0. The maximum Gasteiger partial charge on any atom is 0.242 e. The highest BCUT2D eigenvalue weighted by molar-refractivity contribution is 7.89.